The van der Waals surface area contributed by atoms with Crippen LogP contribution in [-0.2, 0) is 15.2 Å². The number of hydrogen-bond acceptors (Lipinski definition) is 6. The van der Waals surface area contributed by atoms with Gasteiger partial charge in [-0.2, -0.15) is 13.2 Å². The number of rotatable bonds is 11. The largest absolute Gasteiger partial charge is 0.411 e. The van der Waals surface area contributed by atoms with E-state index in [4.69, 9.17) is 4.74 Å². The van der Waals surface area contributed by atoms with Crippen molar-refractivity contribution in [2.24, 2.45) is 0 Å². The van der Waals surface area contributed by atoms with E-state index in [0.717, 1.165) is 32.3 Å². The predicted octanol–water partition coefficient (Wildman–Crippen LogP) is 5.67. The van der Waals surface area contributed by atoms with Crippen LogP contribution in [0.2, 0.25) is 0 Å². The highest BCUT2D eigenvalue weighted by atomic mass is 35.5. The zero-order valence-corrected chi connectivity index (χ0v) is 19.2. The Hall–Kier alpha value is -1.46. The number of hydrogen-bond donors (Lipinski definition) is 1. The molecule has 170 valence electrons. The molecular formula is C20H23ClF3N3O2S2. The van der Waals surface area contributed by atoms with Gasteiger partial charge in [-0.1, -0.05) is 23.9 Å². The van der Waals surface area contributed by atoms with Crippen LogP contribution in [0.25, 0.3) is 11.0 Å². The lowest BCUT2D eigenvalue weighted by atomic mass is 10.3. The number of para-hydroxylation sites is 2. The molecule has 31 heavy (non-hydrogen) atoms. The quantitative estimate of drug-likeness (QED) is 0.274. The molecule has 0 bridgehead atoms. The van der Waals surface area contributed by atoms with E-state index in [1.165, 1.54) is 0 Å². The summed E-state index contributed by atoms with van der Waals surface area (Å²) in [7, 11) is 0. The number of alkyl halides is 3. The summed E-state index contributed by atoms with van der Waals surface area (Å²) in [6, 6.07) is 9.87. The summed E-state index contributed by atoms with van der Waals surface area (Å²) in [5, 5.41) is 0.946. The zero-order chi connectivity index (χ0) is 21.4. The molecule has 0 saturated carbocycles. The summed E-state index contributed by atoms with van der Waals surface area (Å²) in [5.74, 6) is 2.29. The van der Waals surface area contributed by atoms with Crippen LogP contribution in [0, 0.1) is 6.92 Å². The van der Waals surface area contributed by atoms with E-state index in [-0.39, 0.29) is 25.6 Å². The van der Waals surface area contributed by atoms with Crippen molar-refractivity contribution < 1.29 is 22.6 Å². The third kappa shape index (κ3) is 8.53. The third-order valence-electron chi connectivity index (χ3n) is 4.02. The fourth-order valence-corrected chi connectivity index (χ4v) is 4.46. The van der Waals surface area contributed by atoms with Crippen LogP contribution >= 0.6 is 35.9 Å². The van der Waals surface area contributed by atoms with Crippen LogP contribution in [-0.4, -0.2) is 53.3 Å². The minimum Gasteiger partial charge on any atom is -0.378 e. The normalized spacial score (nSPS) is 11.6. The number of nitrogens with one attached hydrogen (secondary N) is 1. The number of imidazole rings is 1. The van der Waals surface area contributed by atoms with Crippen molar-refractivity contribution in [2.45, 2.75) is 28.8 Å². The summed E-state index contributed by atoms with van der Waals surface area (Å²) in [6.07, 6.45) is -2.52. The smallest absolute Gasteiger partial charge is 0.378 e. The highest BCUT2D eigenvalue weighted by Gasteiger charge is 2.27. The summed E-state index contributed by atoms with van der Waals surface area (Å²) >= 11 is 3.26. The minimum absolute atomic E-state index is 0. The minimum atomic E-state index is -4.30. The molecule has 3 rings (SSSR count). The molecule has 0 aliphatic heterocycles. The van der Waals surface area contributed by atoms with Gasteiger partial charge in [0.1, 0.15) is 17.5 Å². The summed E-state index contributed by atoms with van der Waals surface area (Å²) in [6.45, 7) is 1.30. The van der Waals surface area contributed by atoms with E-state index in [9.17, 15) is 13.2 Å². The highest BCUT2D eigenvalue weighted by Crippen LogP contribution is 2.30. The lowest BCUT2D eigenvalue weighted by Gasteiger charge is -2.10. The molecule has 0 amide bonds. The van der Waals surface area contributed by atoms with Gasteiger partial charge in [-0.3, -0.25) is 0 Å². The lowest BCUT2D eigenvalue weighted by Crippen LogP contribution is -2.19. The summed E-state index contributed by atoms with van der Waals surface area (Å²) < 4.78 is 45.7. The number of nitrogens with zero attached hydrogens (tertiary/aromatic N) is 2. The highest BCUT2D eigenvalue weighted by molar-refractivity contribution is 7.99. The first-order valence-corrected chi connectivity index (χ1v) is 11.3. The number of halogens is 4. The Morgan fingerprint density at radius 2 is 1.81 bits per heavy atom. The zero-order valence-electron chi connectivity index (χ0n) is 16.8. The van der Waals surface area contributed by atoms with Gasteiger partial charge in [0, 0.05) is 16.8 Å². The lowest BCUT2D eigenvalue weighted by molar-refractivity contribution is -0.176. The van der Waals surface area contributed by atoms with E-state index in [0.29, 0.717) is 18.1 Å². The molecule has 0 unspecified atom stereocenters. The third-order valence-corrected chi connectivity index (χ3v) is 6.24. The first kappa shape index (κ1) is 25.8. The Morgan fingerprint density at radius 1 is 1.03 bits per heavy atom. The van der Waals surface area contributed by atoms with E-state index in [2.05, 4.69) is 19.7 Å². The average Bonchev–Trinajstić information content (AvgIpc) is 3.12. The maximum absolute atomic E-state index is 12.0. The molecule has 5 nitrogen and oxygen atoms in total. The van der Waals surface area contributed by atoms with Gasteiger partial charge in [0.2, 0.25) is 0 Å². The van der Waals surface area contributed by atoms with Crippen molar-refractivity contribution in [1.29, 1.82) is 0 Å². The van der Waals surface area contributed by atoms with E-state index >= 15 is 0 Å². The molecule has 0 aliphatic carbocycles. The van der Waals surface area contributed by atoms with Crippen molar-refractivity contribution in [3.8, 4) is 0 Å². The second-order valence-corrected chi connectivity index (χ2v) is 8.46. The molecule has 1 N–H and O–H groups in total. The number of ether oxygens (including phenoxy) is 2. The van der Waals surface area contributed by atoms with E-state index in [1.54, 1.807) is 29.7 Å². The van der Waals surface area contributed by atoms with Gasteiger partial charge in [0.15, 0.2) is 0 Å². The fraction of sp³-hybridized carbons (Fsp3) is 0.400. The fourth-order valence-electron chi connectivity index (χ4n) is 2.63. The van der Waals surface area contributed by atoms with Gasteiger partial charge in [-0.25, -0.2) is 9.97 Å². The molecule has 0 fully saturated rings. The van der Waals surface area contributed by atoms with Crippen LogP contribution in [0.1, 0.15) is 11.4 Å². The van der Waals surface area contributed by atoms with Gasteiger partial charge >= 0.3 is 6.18 Å². The first-order chi connectivity index (χ1) is 14.4. The Kier molecular flexibility index (Phi) is 10.4. The van der Waals surface area contributed by atoms with Crippen molar-refractivity contribution in [3.63, 3.8) is 0 Å². The monoisotopic (exact) mass is 493 g/mol. The topological polar surface area (TPSA) is 60.0 Å². The first-order valence-electron chi connectivity index (χ1n) is 9.29. The van der Waals surface area contributed by atoms with Crippen LogP contribution in [0.3, 0.4) is 0 Å². The molecule has 2 heterocycles. The Bertz CT molecular complexity index is 924. The second-order valence-electron chi connectivity index (χ2n) is 6.36. The van der Waals surface area contributed by atoms with Crippen molar-refractivity contribution in [1.82, 2.24) is 15.0 Å². The van der Waals surface area contributed by atoms with Gasteiger partial charge in [-0.05, 0) is 30.7 Å². The SMILES string of the molecule is Cc1c(SCCOCCOCC(F)(F)F)ccnc1SCc1nc2ccccc2[nH]1.Cl. The maximum Gasteiger partial charge on any atom is 0.411 e. The van der Waals surface area contributed by atoms with Crippen LogP contribution < -0.4 is 0 Å². The standard InChI is InChI=1S/C20H22F3N3O2S2.ClH/c1-14-17(29-11-10-27-8-9-28-13-20(21,22)23)6-7-24-19(14)30-12-18-25-15-4-2-3-5-16(15)26-18;/h2-7H,8-13H2,1H3,(H,25,26);1H. The number of H-pyrrole nitrogens is 1. The molecule has 11 heteroatoms. The molecule has 3 aromatic rings. The van der Waals surface area contributed by atoms with Crippen molar-refractivity contribution in [3.05, 3.63) is 47.9 Å². The average molecular weight is 494 g/mol. The Morgan fingerprint density at radius 3 is 2.58 bits per heavy atom. The van der Waals surface area contributed by atoms with Crippen LogP contribution in [0.5, 0.6) is 0 Å². The van der Waals surface area contributed by atoms with Crippen molar-refractivity contribution in [2.75, 3.05) is 32.2 Å². The molecule has 0 atom stereocenters. The van der Waals surface area contributed by atoms with Gasteiger partial charge in [-0.15, -0.1) is 24.2 Å². The Labute approximate surface area is 193 Å². The number of benzene rings is 1. The van der Waals surface area contributed by atoms with Crippen molar-refractivity contribution >= 4 is 47.0 Å². The molecule has 0 radical (unpaired) electrons. The van der Waals surface area contributed by atoms with Gasteiger partial charge < -0.3 is 14.5 Å². The molecule has 2 aromatic heterocycles. The molecule has 0 spiro atoms. The van der Waals surface area contributed by atoms with Crippen LogP contribution in [0.4, 0.5) is 13.2 Å². The van der Waals surface area contributed by atoms with Gasteiger partial charge in [0.25, 0.3) is 0 Å². The molecule has 1 aromatic carbocycles. The Balaban J connectivity index is 0.00000341. The summed E-state index contributed by atoms with van der Waals surface area (Å²) in [4.78, 5) is 13.5. The maximum atomic E-state index is 12.0. The number of thioether (sulfide) groups is 2. The van der Waals surface area contributed by atoms with E-state index < -0.39 is 12.8 Å². The van der Waals surface area contributed by atoms with Gasteiger partial charge in [0.05, 0.1) is 36.6 Å². The molecule has 0 aliphatic rings. The number of fused-ring (bicyclic) bond motifs is 1. The number of aromatic nitrogens is 3. The van der Waals surface area contributed by atoms with E-state index in [1.807, 2.05) is 37.3 Å². The second kappa shape index (κ2) is 12.5. The molecular weight excluding hydrogens is 471 g/mol. The number of pyridine rings is 1. The number of aromatic amines is 1. The molecule has 0 saturated heterocycles. The van der Waals surface area contributed by atoms with Crippen LogP contribution in [0.15, 0.2) is 46.5 Å². The summed E-state index contributed by atoms with van der Waals surface area (Å²) in [5.41, 5.74) is 3.06. The predicted molar refractivity (Wildman–Crippen MR) is 120 cm³/mol.